The summed E-state index contributed by atoms with van der Waals surface area (Å²) in [7, 11) is 0. The zero-order valence-corrected chi connectivity index (χ0v) is 17.1. The van der Waals surface area contributed by atoms with Gasteiger partial charge in [-0.25, -0.2) is 0 Å². The molecule has 7 heteroatoms. The van der Waals surface area contributed by atoms with Crippen molar-refractivity contribution in [3.8, 4) is 0 Å². The fraction of sp³-hybridized carbons (Fsp3) is 0.0455. The Labute approximate surface area is 178 Å². The molecule has 2 aromatic carbocycles. The van der Waals surface area contributed by atoms with E-state index in [0.717, 1.165) is 10.4 Å². The Morgan fingerprint density at radius 2 is 1.72 bits per heavy atom. The van der Waals surface area contributed by atoms with Crippen molar-refractivity contribution in [3.63, 3.8) is 0 Å². The standard InChI is InChI=1S/C22H19N3O2S2/c26-20(13-12-17-9-6-14-29-17)25-22(28)24-19-11-5-4-10-18(19)21(27)23-15-16-7-2-1-3-8-16/h1-14H,15H2,(H,23,27)(H2,24,25,26,28)/b13-12+. The van der Waals surface area contributed by atoms with E-state index in [1.165, 1.54) is 17.4 Å². The first-order chi connectivity index (χ1) is 14.1. The topological polar surface area (TPSA) is 70.2 Å². The molecule has 0 aliphatic rings. The fourth-order valence-corrected chi connectivity index (χ4v) is 3.34. The third-order valence-electron chi connectivity index (χ3n) is 3.89. The molecule has 3 aromatic rings. The molecule has 0 aliphatic heterocycles. The first kappa shape index (κ1) is 20.4. The molecule has 3 rings (SSSR count). The maximum Gasteiger partial charge on any atom is 0.253 e. The number of benzene rings is 2. The number of para-hydroxylation sites is 1. The number of anilines is 1. The molecule has 2 amide bonds. The smallest absolute Gasteiger partial charge is 0.253 e. The Hall–Kier alpha value is -3.29. The zero-order valence-electron chi connectivity index (χ0n) is 15.4. The van der Waals surface area contributed by atoms with Gasteiger partial charge in [0.2, 0.25) is 5.91 Å². The summed E-state index contributed by atoms with van der Waals surface area (Å²) in [4.78, 5) is 25.6. The van der Waals surface area contributed by atoms with Crippen LogP contribution in [0.15, 0.2) is 78.2 Å². The van der Waals surface area contributed by atoms with Crippen LogP contribution in [0.4, 0.5) is 5.69 Å². The van der Waals surface area contributed by atoms with Crippen molar-refractivity contribution in [2.45, 2.75) is 6.54 Å². The number of rotatable bonds is 6. The lowest BCUT2D eigenvalue weighted by molar-refractivity contribution is -0.115. The molecular formula is C22H19N3O2S2. The largest absolute Gasteiger partial charge is 0.348 e. The van der Waals surface area contributed by atoms with Crippen LogP contribution in [0.2, 0.25) is 0 Å². The van der Waals surface area contributed by atoms with Gasteiger partial charge in [-0.2, -0.15) is 0 Å². The summed E-state index contributed by atoms with van der Waals surface area (Å²) < 4.78 is 0. The summed E-state index contributed by atoms with van der Waals surface area (Å²) in [5.41, 5.74) is 1.96. The van der Waals surface area contributed by atoms with Gasteiger partial charge in [0.25, 0.3) is 5.91 Å². The number of nitrogens with one attached hydrogen (secondary N) is 3. The van der Waals surface area contributed by atoms with Crippen LogP contribution in [0.1, 0.15) is 20.8 Å². The van der Waals surface area contributed by atoms with E-state index in [2.05, 4.69) is 16.0 Å². The maximum absolute atomic E-state index is 12.6. The highest BCUT2D eigenvalue weighted by Crippen LogP contribution is 2.15. The molecule has 1 aromatic heterocycles. The van der Waals surface area contributed by atoms with E-state index >= 15 is 0 Å². The first-order valence-corrected chi connectivity index (χ1v) is 10.2. The van der Waals surface area contributed by atoms with Crippen LogP contribution in [0.25, 0.3) is 6.08 Å². The minimum Gasteiger partial charge on any atom is -0.348 e. The number of thiophene rings is 1. The Morgan fingerprint density at radius 1 is 0.966 bits per heavy atom. The van der Waals surface area contributed by atoms with E-state index < -0.39 is 0 Å². The molecule has 0 saturated heterocycles. The van der Waals surface area contributed by atoms with Crippen LogP contribution in [-0.2, 0) is 11.3 Å². The second kappa shape index (κ2) is 10.3. The highest BCUT2D eigenvalue weighted by atomic mass is 32.1. The number of carbonyl (C=O) groups excluding carboxylic acids is 2. The fourth-order valence-electron chi connectivity index (χ4n) is 2.51. The molecule has 0 spiro atoms. The number of carbonyl (C=O) groups is 2. The molecule has 29 heavy (non-hydrogen) atoms. The number of amides is 2. The van der Waals surface area contributed by atoms with Crippen molar-refractivity contribution < 1.29 is 9.59 Å². The number of hydrogen-bond acceptors (Lipinski definition) is 4. The molecule has 0 bridgehead atoms. The van der Waals surface area contributed by atoms with Crippen molar-refractivity contribution in [3.05, 3.63) is 94.2 Å². The maximum atomic E-state index is 12.6. The second-order valence-corrected chi connectivity index (χ2v) is 7.39. The lowest BCUT2D eigenvalue weighted by atomic mass is 10.1. The normalized spacial score (nSPS) is 10.5. The van der Waals surface area contributed by atoms with Gasteiger partial charge in [0.05, 0.1) is 11.3 Å². The second-order valence-electron chi connectivity index (χ2n) is 6.01. The third kappa shape index (κ3) is 6.38. The van der Waals surface area contributed by atoms with Gasteiger partial charge >= 0.3 is 0 Å². The van der Waals surface area contributed by atoms with Gasteiger partial charge in [0.1, 0.15) is 0 Å². The molecule has 3 N–H and O–H groups in total. The Balaban J connectivity index is 1.58. The lowest BCUT2D eigenvalue weighted by Crippen LogP contribution is -2.33. The van der Waals surface area contributed by atoms with Crippen LogP contribution in [-0.4, -0.2) is 16.9 Å². The van der Waals surface area contributed by atoms with E-state index in [4.69, 9.17) is 12.2 Å². The van der Waals surface area contributed by atoms with E-state index in [-0.39, 0.29) is 16.9 Å². The molecule has 146 valence electrons. The monoisotopic (exact) mass is 421 g/mol. The summed E-state index contributed by atoms with van der Waals surface area (Å²) in [6, 6.07) is 20.5. The van der Waals surface area contributed by atoms with Crippen molar-refractivity contribution in [2.75, 3.05) is 5.32 Å². The van der Waals surface area contributed by atoms with Gasteiger partial charge in [-0.05, 0) is 47.4 Å². The number of hydrogen-bond donors (Lipinski definition) is 3. The van der Waals surface area contributed by atoms with Crippen LogP contribution < -0.4 is 16.0 Å². The van der Waals surface area contributed by atoms with Crippen molar-refractivity contribution in [2.24, 2.45) is 0 Å². The molecule has 0 atom stereocenters. The Kier molecular flexibility index (Phi) is 7.27. The molecule has 0 radical (unpaired) electrons. The van der Waals surface area contributed by atoms with E-state index in [9.17, 15) is 9.59 Å². The SMILES string of the molecule is O=C(/C=C/c1cccs1)NC(=S)Nc1ccccc1C(=O)NCc1ccccc1. The van der Waals surface area contributed by atoms with Crippen LogP contribution in [0.3, 0.4) is 0 Å². The summed E-state index contributed by atoms with van der Waals surface area (Å²) in [5.74, 6) is -0.578. The summed E-state index contributed by atoms with van der Waals surface area (Å²) in [5, 5.41) is 10.4. The molecule has 5 nitrogen and oxygen atoms in total. The lowest BCUT2D eigenvalue weighted by Gasteiger charge is -2.13. The minimum absolute atomic E-state index is 0.120. The van der Waals surface area contributed by atoms with Gasteiger partial charge in [0, 0.05) is 17.5 Å². The average Bonchev–Trinajstić information content (AvgIpc) is 3.25. The number of thiocarbonyl (C=S) groups is 1. The quantitative estimate of drug-likeness (QED) is 0.412. The van der Waals surface area contributed by atoms with Crippen LogP contribution >= 0.6 is 23.6 Å². The highest BCUT2D eigenvalue weighted by Gasteiger charge is 2.12. The highest BCUT2D eigenvalue weighted by molar-refractivity contribution is 7.80. The van der Waals surface area contributed by atoms with Gasteiger partial charge in [-0.15, -0.1) is 11.3 Å². The van der Waals surface area contributed by atoms with E-state index in [0.29, 0.717) is 17.8 Å². The molecule has 0 saturated carbocycles. The van der Waals surface area contributed by atoms with Crippen molar-refractivity contribution >= 4 is 52.2 Å². The van der Waals surface area contributed by atoms with E-state index in [1.807, 2.05) is 47.8 Å². The molecule has 0 unspecified atom stereocenters. The summed E-state index contributed by atoms with van der Waals surface area (Å²) in [6.07, 6.45) is 3.13. The zero-order chi connectivity index (χ0) is 20.5. The Morgan fingerprint density at radius 3 is 2.48 bits per heavy atom. The summed E-state index contributed by atoms with van der Waals surface area (Å²) in [6.45, 7) is 0.419. The van der Waals surface area contributed by atoms with Gasteiger partial charge in [-0.3, -0.25) is 14.9 Å². The average molecular weight is 422 g/mol. The molecule has 1 heterocycles. The predicted molar refractivity (Wildman–Crippen MR) is 122 cm³/mol. The van der Waals surface area contributed by atoms with Crippen LogP contribution in [0, 0.1) is 0 Å². The van der Waals surface area contributed by atoms with Crippen molar-refractivity contribution in [1.82, 2.24) is 10.6 Å². The van der Waals surface area contributed by atoms with Gasteiger partial charge in [0.15, 0.2) is 5.11 Å². The predicted octanol–water partition coefficient (Wildman–Crippen LogP) is 4.20. The van der Waals surface area contributed by atoms with Gasteiger partial charge in [-0.1, -0.05) is 48.5 Å². The van der Waals surface area contributed by atoms with E-state index in [1.54, 1.807) is 30.3 Å². The molecule has 0 aliphatic carbocycles. The molecular weight excluding hydrogens is 402 g/mol. The Bertz CT molecular complexity index is 1020. The van der Waals surface area contributed by atoms with Crippen molar-refractivity contribution in [1.29, 1.82) is 0 Å². The van der Waals surface area contributed by atoms with Crippen LogP contribution in [0.5, 0.6) is 0 Å². The summed E-state index contributed by atoms with van der Waals surface area (Å²) >= 11 is 6.74. The minimum atomic E-state index is -0.345. The molecule has 0 fully saturated rings. The van der Waals surface area contributed by atoms with Gasteiger partial charge < -0.3 is 10.6 Å². The first-order valence-electron chi connectivity index (χ1n) is 8.86. The third-order valence-corrected chi connectivity index (χ3v) is 4.94.